The van der Waals surface area contributed by atoms with Gasteiger partial charge in [0.25, 0.3) is 0 Å². The number of hydrogen-bond acceptors (Lipinski definition) is 2. The summed E-state index contributed by atoms with van der Waals surface area (Å²) in [6.45, 7) is 0.768. The van der Waals surface area contributed by atoms with Crippen LogP contribution in [-0.4, -0.2) is 28.6 Å². The van der Waals surface area contributed by atoms with E-state index in [0.29, 0.717) is 0 Å². The Hall–Kier alpha value is -1.06. The Kier molecular flexibility index (Phi) is 5.06. The van der Waals surface area contributed by atoms with E-state index in [2.05, 4.69) is 4.90 Å². The Bertz CT molecular complexity index is 452. The highest BCUT2D eigenvalue weighted by atomic mass is 35.5. The largest absolute Gasteiger partial charge is 0.481 e. The lowest BCUT2D eigenvalue weighted by atomic mass is 9.78. The maximum absolute atomic E-state index is 11.2. The molecule has 0 aromatic heterocycles. The van der Waals surface area contributed by atoms with Crippen LogP contribution in [0.25, 0.3) is 0 Å². The molecule has 0 amide bonds. The molecule has 20 heavy (non-hydrogen) atoms. The van der Waals surface area contributed by atoms with E-state index in [9.17, 15) is 9.90 Å². The molecule has 0 spiro atoms. The molecular weight excluding hydrogens is 274 g/mol. The SMILES string of the molecule is CN(Cc1ccc(Cl)cc1)C1(CC(=O)O)CCCCC1. The van der Waals surface area contributed by atoms with Crippen LogP contribution in [0, 0.1) is 0 Å². The zero-order valence-electron chi connectivity index (χ0n) is 11.9. The van der Waals surface area contributed by atoms with Crippen LogP contribution in [0.15, 0.2) is 24.3 Å². The maximum atomic E-state index is 11.2. The number of rotatable bonds is 5. The second-order valence-electron chi connectivity index (χ2n) is 5.84. The van der Waals surface area contributed by atoms with Gasteiger partial charge in [-0.3, -0.25) is 9.69 Å². The normalized spacial score (nSPS) is 18.1. The smallest absolute Gasteiger partial charge is 0.305 e. The molecule has 1 aliphatic rings. The minimum atomic E-state index is -0.699. The molecule has 0 aliphatic heterocycles. The molecule has 4 heteroatoms. The molecule has 2 rings (SSSR count). The Balaban J connectivity index is 2.11. The predicted octanol–water partition coefficient (Wildman–Crippen LogP) is 3.95. The number of aliphatic carboxylic acids is 1. The van der Waals surface area contributed by atoms with E-state index in [0.717, 1.165) is 37.3 Å². The van der Waals surface area contributed by atoms with E-state index in [-0.39, 0.29) is 12.0 Å². The van der Waals surface area contributed by atoms with Gasteiger partial charge in [-0.1, -0.05) is 43.0 Å². The fourth-order valence-corrected chi connectivity index (χ4v) is 3.34. The maximum Gasteiger partial charge on any atom is 0.305 e. The Morgan fingerprint density at radius 1 is 1.25 bits per heavy atom. The van der Waals surface area contributed by atoms with Gasteiger partial charge < -0.3 is 5.11 Å². The Labute approximate surface area is 125 Å². The second kappa shape index (κ2) is 6.59. The standard InChI is InChI=1S/C16H22ClNO2/c1-18(12-13-5-7-14(17)8-6-13)16(11-15(19)20)9-3-2-4-10-16/h5-8H,2-4,9-12H2,1H3,(H,19,20). The van der Waals surface area contributed by atoms with Crippen LogP contribution in [0.1, 0.15) is 44.1 Å². The second-order valence-corrected chi connectivity index (χ2v) is 6.27. The van der Waals surface area contributed by atoms with E-state index in [4.69, 9.17) is 11.6 Å². The first-order chi connectivity index (χ1) is 9.52. The van der Waals surface area contributed by atoms with Gasteiger partial charge in [-0.15, -0.1) is 0 Å². The number of nitrogens with zero attached hydrogens (tertiary/aromatic N) is 1. The molecule has 1 saturated carbocycles. The molecule has 0 unspecified atom stereocenters. The highest BCUT2D eigenvalue weighted by Gasteiger charge is 2.37. The molecule has 3 nitrogen and oxygen atoms in total. The van der Waals surface area contributed by atoms with E-state index < -0.39 is 5.97 Å². The minimum absolute atomic E-state index is 0.191. The van der Waals surface area contributed by atoms with Gasteiger partial charge in [0.2, 0.25) is 0 Å². The van der Waals surface area contributed by atoms with Crippen molar-refractivity contribution in [2.45, 2.75) is 50.6 Å². The summed E-state index contributed by atoms with van der Waals surface area (Å²) in [4.78, 5) is 13.5. The highest BCUT2D eigenvalue weighted by Crippen LogP contribution is 2.36. The zero-order valence-corrected chi connectivity index (χ0v) is 12.7. The molecule has 0 atom stereocenters. The van der Waals surface area contributed by atoms with Crippen molar-refractivity contribution in [2.75, 3.05) is 7.05 Å². The van der Waals surface area contributed by atoms with Gasteiger partial charge in [0.15, 0.2) is 0 Å². The van der Waals surface area contributed by atoms with Gasteiger partial charge in [-0.2, -0.15) is 0 Å². The molecule has 1 aromatic carbocycles. The molecule has 1 aliphatic carbocycles. The van der Waals surface area contributed by atoms with Gasteiger partial charge in [0.05, 0.1) is 6.42 Å². The molecule has 1 aromatic rings. The number of carboxylic acids is 1. The quantitative estimate of drug-likeness (QED) is 0.894. The molecule has 0 bridgehead atoms. The van der Waals surface area contributed by atoms with Crippen molar-refractivity contribution in [1.82, 2.24) is 4.90 Å². The van der Waals surface area contributed by atoms with Crippen molar-refractivity contribution in [2.24, 2.45) is 0 Å². The first-order valence-electron chi connectivity index (χ1n) is 7.19. The highest BCUT2D eigenvalue weighted by molar-refractivity contribution is 6.30. The lowest BCUT2D eigenvalue weighted by Gasteiger charge is -2.44. The van der Waals surface area contributed by atoms with Gasteiger partial charge in [-0.05, 0) is 37.6 Å². The number of carboxylic acid groups (broad SMARTS) is 1. The summed E-state index contributed by atoms with van der Waals surface area (Å²) in [6, 6.07) is 7.79. The van der Waals surface area contributed by atoms with Crippen molar-refractivity contribution < 1.29 is 9.90 Å². The molecular formula is C16H22ClNO2. The molecule has 0 radical (unpaired) electrons. The number of halogens is 1. The summed E-state index contributed by atoms with van der Waals surface area (Å²) < 4.78 is 0. The van der Waals surface area contributed by atoms with Crippen molar-refractivity contribution in [1.29, 1.82) is 0 Å². The van der Waals surface area contributed by atoms with Crippen molar-refractivity contribution in [3.63, 3.8) is 0 Å². The first-order valence-corrected chi connectivity index (χ1v) is 7.57. The topological polar surface area (TPSA) is 40.5 Å². The summed E-state index contributed by atoms with van der Waals surface area (Å²) >= 11 is 5.90. The summed E-state index contributed by atoms with van der Waals surface area (Å²) in [5.74, 6) is -0.699. The van der Waals surface area contributed by atoms with Gasteiger partial charge in [-0.25, -0.2) is 0 Å². The van der Waals surface area contributed by atoms with Crippen LogP contribution in [0.5, 0.6) is 0 Å². The van der Waals surface area contributed by atoms with Gasteiger partial charge in [0.1, 0.15) is 0 Å². The summed E-state index contributed by atoms with van der Waals surface area (Å²) in [5.41, 5.74) is 0.983. The van der Waals surface area contributed by atoms with Crippen molar-refractivity contribution in [3.05, 3.63) is 34.9 Å². The van der Waals surface area contributed by atoms with Crippen LogP contribution in [0.2, 0.25) is 5.02 Å². The molecule has 1 N–H and O–H groups in total. The van der Waals surface area contributed by atoms with E-state index in [1.807, 2.05) is 31.3 Å². The fourth-order valence-electron chi connectivity index (χ4n) is 3.22. The van der Waals surface area contributed by atoms with Crippen molar-refractivity contribution in [3.8, 4) is 0 Å². The monoisotopic (exact) mass is 295 g/mol. The van der Waals surface area contributed by atoms with Crippen LogP contribution < -0.4 is 0 Å². The summed E-state index contributed by atoms with van der Waals surface area (Å²) in [7, 11) is 2.04. The van der Waals surface area contributed by atoms with Crippen LogP contribution in [-0.2, 0) is 11.3 Å². The zero-order chi connectivity index (χ0) is 14.6. The van der Waals surface area contributed by atoms with Crippen LogP contribution in [0.3, 0.4) is 0 Å². The third-order valence-corrected chi connectivity index (χ3v) is 4.66. The lowest BCUT2D eigenvalue weighted by Crippen LogP contribution is -2.49. The average Bonchev–Trinajstić information content (AvgIpc) is 2.41. The Morgan fingerprint density at radius 2 is 1.85 bits per heavy atom. The number of hydrogen-bond donors (Lipinski definition) is 1. The van der Waals surface area contributed by atoms with Crippen LogP contribution >= 0.6 is 11.6 Å². The van der Waals surface area contributed by atoms with E-state index in [1.165, 1.54) is 12.0 Å². The number of benzene rings is 1. The molecule has 0 saturated heterocycles. The average molecular weight is 296 g/mol. The predicted molar refractivity (Wildman–Crippen MR) is 81.0 cm³/mol. The van der Waals surface area contributed by atoms with Crippen LogP contribution in [0.4, 0.5) is 0 Å². The third-order valence-electron chi connectivity index (χ3n) is 4.41. The van der Waals surface area contributed by atoms with Crippen molar-refractivity contribution >= 4 is 17.6 Å². The number of carbonyl (C=O) groups is 1. The third kappa shape index (κ3) is 3.74. The van der Waals surface area contributed by atoms with E-state index in [1.54, 1.807) is 0 Å². The summed E-state index contributed by atoms with van der Waals surface area (Å²) in [5, 5.41) is 9.97. The lowest BCUT2D eigenvalue weighted by molar-refractivity contribution is -0.141. The fraction of sp³-hybridized carbons (Fsp3) is 0.562. The van der Waals surface area contributed by atoms with E-state index >= 15 is 0 Å². The molecule has 0 heterocycles. The Morgan fingerprint density at radius 3 is 2.40 bits per heavy atom. The first kappa shape index (κ1) is 15.3. The molecule has 1 fully saturated rings. The summed E-state index contributed by atoms with van der Waals surface area (Å²) in [6.07, 6.45) is 5.65. The molecule has 110 valence electrons. The van der Waals surface area contributed by atoms with Gasteiger partial charge >= 0.3 is 5.97 Å². The minimum Gasteiger partial charge on any atom is -0.481 e. The van der Waals surface area contributed by atoms with Gasteiger partial charge in [0, 0.05) is 17.1 Å².